The lowest BCUT2D eigenvalue weighted by Gasteiger charge is -2.16. The summed E-state index contributed by atoms with van der Waals surface area (Å²) in [7, 11) is 0. The zero-order chi connectivity index (χ0) is 13.5. The largest absolute Gasteiger partial charge is 0.360 e. The number of carbonyl (C=O) groups is 2. The van der Waals surface area contributed by atoms with E-state index >= 15 is 0 Å². The molecule has 0 fully saturated rings. The molecule has 0 aliphatic heterocycles. The fraction of sp³-hybridized carbons (Fsp3) is 0.583. The van der Waals surface area contributed by atoms with Gasteiger partial charge in [-0.2, -0.15) is 0 Å². The first kappa shape index (κ1) is 14.2. The van der Waals surface area contributed by atoms with Gasteiger partial charge in [0.15, 0.2) is 5.82 Å². The van der Waals surface area contributed by atoms with E-state index in [1.54, 1.807) is 13.0 Å². The van der Waals surface area contributed by atoms with Gasteiger partial charge in [-0.3, -0.25) is 14.5 Å². The molecule has 1 aromatic heterocycles. The van der Waals surface area contributed by atoms with Crippen LogP contribution in [0.1, 0.15) is 32.4 Å². The van der Waals surface area contributed by atoms with Crippen LogP contribution in [0.5, 0.6) is 0 Å². The second-order valence-electron chi connectivity index (χ2n) is 4.10. The Hall–Kier alpha value is -1.85. The maximum atomic E-state index is 11.6. The van der Waals surface area contributed by atoms with Gasteiger partial charge in [-0.25, -0.2) is 0 Å². The predicted octanol–water partition coefficient (Wildman–Crippen LogP) is 1.25. The Kier molecular flexibility index (Phi) is 5.35. The number of nitrogens with zero attached hydrogens (tertiary/aromatic N) is 2. The van der Waals surface area contributed by atoms with Gasteiger partial charge >= 0.3 is 0 Å². The van der Waals surface area contributed by atoms with Gasteiger partial charge in [0.1, 0.15) is 12.3 Å². The van der Waals surface area contributed by atoms with Crippen molar-refractivity contribution in [1.29, 1.82) is 0 Å². The van der Waals surface area contributed by atoms with Crippen LogP contribution >= 0.6 is 0 Å². The van der Waals surface area contributed by atoms with Crippen molar-refractivity contribution in [2.45, 2.75) is 33.6 Å². The van der Waals surface area contributed by atoms with Crippen LogP contribution in [0, 0.1) is 6.92 Å². The van der Waals surface area contributed by atoms with E-state index in [4.69, 9.17) is 4.52 Å². The highest BCUT2D eigenvalue weighted by Gasteiger charge is 2.18. The van der Waals surface area contributed by atoms with E-state index in [0.29, 0.717) is 18.1 Å². The number of unbranched alkanes of at least 4 members (excludes halogenated alkanes) is 1. The molecular weight excluding hydrogens is 234 g/mol. The molecule has 6 nitrogen and oxygen atoms in total. The van der Waals surface area contributed by atoms with Crippen LogP contribution in [0.3, 0.4) is 0 Å². The van der Waals surface area contributed by atoms with Crippen LogP contribution in [0.25, 0.3) is 0 Å². The Labute approximate surface area is 106 Å². The Bertz CT molecular complexity index is 414. The first-order valence-corrected chi connectivity index (χ1v) is 6.02. The number of anilines is 1. The van der Waals surface area contributed by atoms with Gasteiger partial charge in [-0.1, -0.05) is 18.5 Å². The van der Waals surface area contributed by atoms with E-state index in [0.717, 1.165) is 12.8 Å². The molecule has 0 aliphatic rings. The van der Waals surface area contributed by atoms with Crippen LogP contribution in [-0.2, 0) is 9.59 Å². The van der Waals surface area contributed by atoms with E-state index in [1.165, 1.54) is 11.8 Å². The van der Waals surface area contributed by atoms with E-state index < -0.39 is 0 Å². The summed E-state index contributed by atoms with van der Waals surface area (Å²) in [4.78, 5) is 24.4. The molecule has 0 atom stereocenters. The average molecular weight is 253 g/mol. The number of rotatable bonds is 6. The molecule has 18 heavy (non-hydrogen) atoms. The Balaban J connectivity index is 2.59. The van der Waals surface area contributed by atoms with Gasteiger partial charge in [0.2, 0.25) is 11.8 Å². The summed E-state index contributed by atoms with van der Waals surface area (Å²) in [6.45, 7) is 5.76. The first-order chi connectivity index (χ1) is 8.54. The molecule has 0 aliphatic carbocycles. The van der Waals surface area contributed by atoms with Gasteiger partial charge in [0.05, 0.1) is 0 Å². The third kappa shape index (κ3) is 4.20. The van der Waals surface area contributed by atoms with Crippen LogP contribution in [-0.4, -0.2) is 30.1 Å². The van der Waals surface area contributed by atoms with E-state index in [-0.39, 0.29) is 18.4 Å². The normalized spacial score (nSPS) is 10.2. The molecule has 0 unspecified atom stereocenters. The number of hydrogen-bond acceptors (Lipinski definition) is 4. The Morgan fingerprint density at radius 2 is 2.22 bits per heavy atom. The van der Waals surface area contributed by atoms with Crippen LogP contribution in [0.2, 0.25) is 0 Å². The molecule has 2 amide bonds. The fourth-order valence-corrected chi connectivity index (χ4v) is 1.44. The second-order valence-corrected chi connectivity index (χ2v) is 4.10. The quantitative estimate of drug-likeness (QED) is 0.774. The molecule has 100 valence electrons. The molecule has 0 spiro atoms. The zero-order valence-electron chi connectivity index (χ0n) is 11.0. The molecule has 6 heteroatoms. The number of aryl methyl sites for hydroxylation is 1. The van der Waals surface area contributed by atoms with Gasteiger partial charge in [0, 0.05) is 19.5 Å². The Morgan fingerprint density at radius 3 is 2.72 bits per heavy atom. The summed E-state index contributed by atoms with van der Waals surface area (Å²) in [5, 5.41) is 6.49. The molecular formula is C12H19N3O3. The SMILES string of the molecule is CCCCNC(=O)CN(C(C)=O)c1cc(C)on1. The molecule has 0 saturated carbocycles. The monoisotopic (exact) mass is 253 g/mol. The lowest BCUT2D eigenvalue weighted by Crippen LogP contribution is -2.40. The van der Waals surface area contributed by atoms with Crippen LogP contribution in [0.4, 0.5) is 5.82 Å². The molecule has 1 N–H and O–H groups in total. The minimum Gasteiger partial charge on any atom is -0.360 e. The Morgan fingerprint density at radius 1 is 1.50 bits per heavy atom. The molecule has 1 rings (SSSR count). The summed E-state index contributed by atoms with van der Waals surface area (Å²) >= 11 is 0. The van der Waals surface area contributed by atoms with E-state index in [9.17, 15) is 9.59 Å². The lowest BCUT2D eigenvalue weighted by atomic mass is 10.3. The van der Waals surface area contributed by atoms with Crippen LogP contribution in [0.15, 0.2) is 10.6 Å². The van der Waals surface area contributed by atoms with Crippen molar-refractivity contribution < 1.29 is 14.1 Å². The summed E-state index contributed by atoms with van der Waals surface area (Å²) in [6, 6.07) is 1.63. The van der Waals surface area contributed by atoms with Crippen molar-refractivity contribution in [3.8, 4) is 0 Å². The van der Waals surface area contributed by atoms with E-state index in [2.05, 4.69) is 10.5 Å². The third-order valence-corrected chi connectivity index (χ3v) is 2.43. The van der Waals surface area contributed by atoms with Crippen molar-refractivity contribution in [3.63, 3.8) is 0 Å². The zero-order valence-corrected chi connectivity index (χ0v) is 11.0. The number of aromatic nitrogens is 1. The van der Waals surface area contributed by atoms with E-state index in [1.807, 2.05) is 6.92 Å². The van der Waals surface area contributed by atoms with Crippen LogP contribution < -0.4 is 10.2 Å². The summed E-state index contributed by atoms with van der Waals surface area (Å²) < 4.78 is 4.90. The van der Waals surface area contributed by atoms with Crippen molar-refractivity contribution in [2.75, 3.05) is 18.0 Å². The smallest absolute Gasteiger partial charge is 0.240 e. The van der Waals surface area contributed by atoms with Crippen molar-refractivity contribution in [1.82, 2.24) is 10.5 Å². The third-order valence-electron chi connectivity index (χ3n) is 2.43. The molecule has 0 saturated heterocycles. The molecule has 1 aromatic rings. The molecule has 0 bridgehead atoms. The average Bonchev–Trinajstić information content (AvgIpc) is 2.72. The predicted molar refractivity (Wildman–Crippen MR) is 67.2 cm³/mol. The number of nitrogens with one attached hydrogen (secondary N) is 1. The van der Waals surface area contributed by atoms with Crippen molar-refractivity contribution >= 4 is 17.6 Å². The van der Waals surface area contributed by atoms with Gasteiger partial charge in [-0.15, -0.1) is 0 Å². The highest BCUT2D eigenvalue weighted by molar-refractivity contribution is 5.96. The highest BCUT2D eigenvalue weighted by atomic mass is 16.5. The summed E-state index contributed by atoms with van der Waals surface area (Å²) in [6.07, 6.45) is 1.94. The first-order valence-electron chi connectivity index (χ1n) is 6.02. The number of amides is 2. The van der Waals surface area contributed by atoms with Crippen molar-refractivity contribution in [2.24, 2.45) is 0 Å². The van der Waals surface area contributed by atoms with Gasteiger partial charge < -0.3 is 9.84 Å². The van der Waals surface area contributed by atoms with Gasteiger partial charge in [-0.05, 0) is 13.3 Å². The molecule has 0 radical (unpaired) electrons. The fourth-order valence-electron chi connectivity index (χ4n) is 1.44. The maximum absolute atomic E-state index is 11.6. The topological polar surface area (TPSA) is 75.4 Å². The minimum absolute atomic E-state index is 0.0367. The number of carbonyl (C=O) groups excluding carboxylic acids is 2. The van der Waals surface area contributed by atoms with Gasteiger partial charge in [0.25, 0.3) is 0 Å². The standard InChI is InChI=1S/C12H19N3O3/c1-4-5-6-13-12(17)8-15(10(3)16)11-7-9(2)18-14-11/h7H,4-6,8H2,1-3H3,(H,13,17). The molecule has 0 aromatic carbocycles. The summed E-state index contributed by atoms with van der Waals surface area (Å²) in [5.74, 6) is 0.529. The lowest BCUT2D eigenvalue weighted by molar-refractivity contribution is -0.123. The maximum Gasteiger partial charge on any atom is 0.240 e. The summed E-state index contributed by atoms with van der Waals surface area (Å²) in [5.41, 5.74) is 0. The highest BCUT2D eigenvalue weighted by Crippen LogP contribution is 2.13. The van der Waals surface area contributed by atoms with Crippen molar-refractivity contribution in [3.05, 3.63) is 11.8 Å². The second kappa shape index (κ2) is 6.78. The molecule has 1 heterocycles. The number of hydrogen-bond donors (Lipinski definition) is 1. The minimum atomic E-state index is -0.242.